The Hall–Kier alpha value is -3.13. The summed E-state index contributed by atoms with van der Waals surface area (Å²) in [5, 5.41) is 4.39. The van der Waals surface area contributed by atoms with Gasteiger partial charge in [0.15, 0.2) is 0 Å². The number of hydrogen-bond donors (Lipinski definition) is 2. The Kier molecular flexibility index (Phi) is 4.28. The van der Waals surface area contributed by atoms with E-state index in [0.29, 0.717) is 11.0 Å². The molecule has 0 saturated carbocycles. The molecule has 25 heavy (non-hydrogen) atoms. The molecule has 0 unspecified atom stereocenters. The van der Waals surface area contributed by atoms with Gasteiger partial charge >= 0.3 is 0 Å². The van der Waals surface area contributed by atoms with Crippen molar-refractivity contribution >= 4 is 26.9 Å². The quantitative estimate of drug-likeness (QED) is 0.691. The average Bonchev–Trinajstić information content (AvgIpc) is 2.59. The summed E-state index contributed by atoms with van der Waals surface area (Å²) in [5.41, 5.74) is 6.48. The van der Waals surface area contributed by atoms with Gasteiger partial charge in [-0.2, -0.15) is 13.2 Å². The number of nitrogens with one attached hydrogen (secondary N) is 1. The predicted molar refractivity (Wildman–Crippen MR) is 91.8 cm³/mol. The molecule has 0 radical (unpaired) electrons. The molecule has 3 aromatic rings. The molecule has 0 bridgehead atoms. The second kappa shape index (κ2) is 6.40. The van der Waals surface area contributed by atoms with E-state index >= 15 is 0 Å². The summed E-state index contributed by atoms with van der Waals surface area (Å²) >= 11 is 0. The van der Waals surface area contributed by atoms with Gasteiger partial charge in [0, 0.05) is 5.39 Å². The number of primary amides is 1. The molecule has 128 valence electrons. The van der Waals surface area contributed by atoms with E-state index in [4.69, 9.17) is 10.2 Å². The fourth-order valence-corrected chi connectivity index (χ4v) is 3.00. The van der Waals surface area contributed by atoms with Crippen LogP contribution in [0.3, 0.4) is 0 Å². The van der Waals surface area contributed by atoms with Crippen LogP contribution in [0.2, 0.25) is 0 Å². The van der Waals surface area contributed by atoms with E-state index in [1.54, 1.807) is 36.4 Å². The molecule has 3 N–H and O–H groups in total. The van der Waals surface area contributed by atoms with Crippen molar-refractivity contribution in [2.24, 2.45) is 10.8 Å². The zero-order valence-corrected chi connectivity index (χ0v) is 14.1. The minimum Gasteiger partial charge on any atom is -0.436 e. The van der Waals surface area contributed by atoms with Crippen LogP contribution in [0.5, 0.6) is 0 Å². The van der Waals surface area contributed by atoms with E-state index in [1.807, 2.05) is 6.92 Å². The monoisotopic (exact) mass is 357 g/mol. The molecule has 0 fully saturated rings. The smallest absolute Gasteiger partial charge is 0.276 e. The molecule has 0 saturated heterocycles. The first-order chi connectivity index (χ1) is 11.9. The first-order valence-corrected chi connectivity index (χ1v) is 8.80. The minimum atomic E-state index is -3.90. The first-order valence-electron chi connectivity index (χ1n) is 7.32. The van der Waals surface area contributed by atoms with Crippen LogP contribution in [-0.4, -0.2) is 14.3 Å². The maximum absolute atomic E-state index is 12.3. The summed E-state index contributed by atoms with van der Waals surface area (Å²) in [4.78, 5) is 13.7. The molecule has 1 heterocycles. The molecule has 1 amide bonds. The van der Waals surface area contributed by atoms with Gasteiger partial charge in [-0.25, -0.2) is 0 Å². The summed E-state index contributed by atoms with van der Waals surface area (Å²) in [7, 11) is -3.90. The van der Waals surface area contributed by atoms with Gasteiger partial charge in [0.25, 0.3) is 15.9 Å². The van der Waals surface area contributed by atoms with Crippen molar-refractivity contribution in [3.63, 3.8) is 0 Å². The SMILES string of the molecule is Cc1ccc(S(=O)(=O)NN=c2oc3ccccc3cc2C(N)=O)cc1. The van der Waals surface area contributed by atoms with E-state index < -0.39 is 15.9 Å². The van der Waals surface area contributed by atoms with Crippen molar-refractivity contribution in [1.82, 2.24) is 4.83 Å². The van der Waals surface area contributed by atoms with Crippen molar-refractivity contribution in [3.05, 3.63) is 71.3 Å². The Labute approximate surface area is 143 Å². The highest BCUT2D eigenvalue weighted by Gasteiger charge is 2.14. The lowest BCUT2D eigenvalue weighted by Gasteiger charge is -2.05. The molecule has 3 rings (SSSR count). The van der Waals surface area contributed by atoms with Gasteiger partial charge < -0.3 is 10.2 Å². The van der Waals surface area contributed by atoms with Gasteiger partial charge in [0.05, 0.1) is 4.90 Å². The van der Waals surface area contributed by atoms with Gasteiger partial charge in [0.2, 0.25) is 5.55 Å². The van der Waals surface area contributed by atoms with E-state index in [2.05, 4.69) is 9.93 Å². The number of carbonyl (C=O) groups excluding carboxylic acids is 1. The van der Waals surface area contributed by atoms with E-state index in [-0.39, 0.29) is 16.0 Å². The van der Waals surface area contributed by atoms with Crippen LogP contribution in [-0.2, 0) is 10.0 Å². The average molecular weight is 357 g/mol. The molecule has 7 nitrogen and oxygen atoms in total. The molecule has 0 aliphatic heterocycles. The van der Waals surface area contributed by atoms with E-state index in [9.17, 15) is 13.2 Å². The summed E-state index contributed by atoms with van der Waals surface area (Å²) in [5.74, 6) is -0.775. The minimum absolute atomic E-state index is 0.0229. The molecule has 0 spiro atoms. The Morgan fingerprint density at radius 3 is 2.48 bits per heavy atom. The number of para-hydroxylation sites is 1. The molecular formula is C17H15N3O4S. The normalized spacial score (nSPS) is 12.3. The molecule has 0 atom stereocenters. The third-order valence-electron chi connectivity index (χ3n) is 3.52. The molecule has 0 aliphatic rings. The largest absolute Gasteiger partial charge is 0.436 e. The lowest BCUT2D eigenvalue weighted by molar-refractivity contribution is 0.0996. The highest BCUT2D eigenvalue weighted by molar-refractivity contribution is 7.89. The Balaban J connectivity index is 2.07. The summed E-state index contributed by atoms with van der Waals surface area (Å²) in [6.07, 6.45) is 0. The third kappa shape index (κ3) is 3.53. The number of sulfonamides is 1. The predicted octanol–water partition coefficient (Wildman–Crippen LogP) is 1.63. The Bertz CT molecular complexity index is 1120. The maximum atomic E-state index is 12.3. The van der Waals surface area contributed by atoms with Gasteiger partial charge in [-0.1, -0.05) is 35.9 Å². The van der Waals surface area contributed by atoms with Crippen molar-refractivity contribution < 1.29 is 17.6 Å². The number of amides is 1. The van der Waals surface area contributed by atoms with Crippen LogP contribution >= 0.6 is 0 Å². The van der Waals surface area contributed by atoms with Crippen LogP contribution in [0, 0.1) is 6.92 Å². The highest BCUT2D eigenvalue weighted by atomic mass is 32.2. The lowest BCUT2D eigenvalue weighted by atomic mass is 10.2. The van der Waals surface area contributed by atoms with Crippen LogP contribution < -0.4 is 16.1 Å². The zero-order valence-electron chi connectivity index (χ0n) is 13.3. The topological polar surface area (TPSA) is 115 Å². The van der Waals surface area contributed by atoms with Crippen LogP contribution in [0.15, 0.2) is 69.0 Å². The molecule has 0 aliphatic carbocycles. The fraction of sp³-hybridized carbons (Fsp3) is 0.0588. The first kappa shape index (κ1) is 16.7. The van der Waals surface area contributed by atoms with Gasteiger partial charge in [0.1, 0.15) is 11.1 Å². The van der Waals surface area contributed by atoms with Crippen molar-refractivity contribution in [2.45, 2.75) is 11.8 Å². The molecular weight excluding hydrogens is 342 g/mol. The van der Waals surface area contributed by atoms with Crippen LogP contribution in [0.1, 0.15) is 15.9 Å². The van der Waals surface area contributed by atoms with Gasteiger partial charge in [-0.15, -0.1) is 5.10 Å². The van der Waals surface area contributed by atoms with E-state index in [1.165, 1.54) is 18.2 Å². The summed E-state index contributed by atoms with van der Waals surface area (Å²) in [6, 6.07) is 14.7. The van der Waals surface area contributed by atoms with Crippen molar-refractivity contribution in [1.29, 1.82) is 0 Å². The van der Waals surface area contributed by atoms with Crippen molar-refractivity contribution in [3.8, 4) is 0 Å². The molecule has 2 aromatic carbocycles. The van der Waals surface area contributed by atoms with E-state index in [0.717, 1.165) is 5.56 Å². The van der Waals surface area contributed by atoms with Gasteiger partial charge in [-0.3, -0.25) is 4.79 Å². The second-order valence-corrected chi connectivity index (χ2v) is 7.05. The summed E-state index contributed by atoms with van der Waals surface area (Å²) < 4.78 is 30.1. The number of aryl methyl sites for hydroxylation is 1. The zero-order chi connectivity index (χ0) is 18.0. The fourth-order valence-electron chi connectivity index (χ4n) is 2.20. The van der Waals surface area contributed by atoms with Crippen LogP contribution in [0.4, 0.5) is 0 Å². The van der Waals surface area contributed by atoms with Gasteiger partial charge in [-0.05, 0) is 31.2 Å². The number of fused-ring (bicyclic) bond motifs is 1. The number of nitrogens with two attached hydrogens (primary N) is 1. The number of carbonyl (C=O) groups is 1. The lowest BCUT2D eigenvalue weighted by Crippen LogP contribution is -2.27. The van der Waals surface area contributed by atoms with Crippen molar-refractivity contribution in [2.75, 3.05) is 0 Å². The standard InChI is InChI=1S/C17H15N3O4S/c1-11-6-8-13(9-7-11)25(22,23)20-19-17-14(16(18)21)10-12-4-2-3-5-15(12)24-17/h2-10,20H,1H3,(H2,18,21). The van der Waals surface area contributed by atoms with Crippen LogP contribution in [0.25, 0.3) is 11.0 Å². The third-order valence-corrected chi connectivity index (χ3v) is 4.74. The second-order valence-electron chi connectivity index (χ2n) is 5.39. The summed E-state index contributed by atoms with van der Waals surface area (Å²) in [6.45, 7) is 1.85. The molecule has 8 heteroatoms. The maximum Gasteiger partial charge on any atom is 0.276 e. The molecule has 1 aromatic heterocycles. The highest BCUT2D eigenvalue weighted by Crippen LogP contribution is 2.13. The number of rotatable bonds is 4. The Morgan fingerprint density at radius 2 is 1.80 bits per heavy atom. The number of nitrogens with zero attached hydrogens (tertiary/aromatic N) is 1. The Morgan fingerprint density at radius 1 is 1.12 bits per heavy atom. The number of benzene rings is 2. The number of hydrogen-bond acceptors (Lipinski definition) is 5.